The van der Waals surface area contributed by atoms with Crippen LogP contribution < -0.4 is 10.1 Å². The third-order valence-corrected chi connectivity index (χ3v) is 2.24. The van der Waals surface area contributed by atoms with Crippen molar-refractivity contribution in [2.75, 3.05) is 20.2 Å². The van der Waals surface area contributed by atoms with Crippen LogP contribution in [-0.2, 0) is 0 Å². The molecule has 1 rings (SSSR count). The van der Waals surface area contributed by atoms with Crippen LogP contribution in [0.15, 0.2) is 18.2 Å². The molecule has 0 atom stereocenters. The van der Waals surface area contributed by atoms with Gasteiger partial charge in [-0.05, 0) is 45.0 Å². The van der Waals surface area contributed by atoms with Crippen LogP contribution in [0.25, 0.3) is 0 Å². The fraction of sp³-hybridized carbons (Fsp3) is 0.500. The van der Waals surface area contributed by atoms with Gasteiger partial charge in [-0.25, -0.2) is 4.39 Å². The zero-order valence-corrected chi connectivity index (χ0v) is 9.35. The maximum Gasteiger partial charge on any atom is 0.167 e. The van der Waals surface area contributed by atoms with Crippen molar-refractivity contribution in [2.24, 2.45) is 0 Å². The maximum absolute atomic E-state index is 13.4. The second-order valence-corrected chi connectivity index (χ2v) is 3.55. The van der Waals surface area contributed by atoms with Crippen LogP contribution in [0.3, 0.4) is 0 Å². The third kappa shape index (κ3) is 3.88. The minimum atomic E-state index is -0.244. The first kappa shape index (κ1) is 12.0. The predicted molar refractivity (Wildman–Crippen MR) is 59.8 cm³/mol. The van der Waals surface area contributed by atoms with Crippen LogP contribution in [0.2, 0.25) is 0 Å². The molecular weight excluding hydrogens is 193 g/mol. The first-order chi connectivity index (χ1) is 7.25. The minimum Gasteiger partial charge on any atom is -0.491 e. The molecule has 1 aromatic carbocycles. The second kappa shape index (κ2) is 6.40. The van der Waals surface area contributed by atoms with Crippen LogP contribution in [0.4, 0.5) is 4.39 Å². The zero-order chi connectivity index (χ0) is 11.1. The van der Waals surface area contributed by atoms with E-state index in [0.717, 1.165) is 19.4 Å². The first-order valence-corrected chi connectivity index (χ1v) is 5.28. The summed E-state index contributed by atoms with van der Waals surface area (Å²) in [4.78, 5) is 0. The smallest absolute Gasteiger partial charge is 0.167 e. The molecule has 1 N–H and O–H groups in total. The largest absolute Gasteiger partial charge is 0.491 e. The summed E-state index contributed by atoms with van der Waals surface area (Å²) in [5.41, 5.74) is 0.628. The molecule has 84 valence electrons. The molecule has 15 heavy (non-hydrogen) atoms. The summed E-state index contributed by atoms with van der Waals surface area (Å²) < 4.78 is 18.8. The third-order valence-electron chi connectivity index (χ3n) is 2.24. The Balaban J connectivity index is 2.34. The molecule has 3 heteroatoms. The summed E-state index contributed by atoms with van der Waals surface area (Å²) in [6, 6.07) is 5.21. The van der Waals surface area contributed by atoms with Gasteiger partial charge in [0.15, 0.2) is 11.6 Å². The molecule has 0 radical (unpaired) electrons. The summed E-state index contributed by atoms with van der Waals surface area (Å²) in [7, 11) is 1.92. The molecule has 0 heterocycles. The highest BCUT2D eigenvalue weighted by molar-refractivity contribution is 5.29. The fourth-order valence-corrected chi connectivity index (χ4v) is 1.32. The van der Waals surface area contributed by atoms with E-state index in [4.69, 9.17) is 4.74 Å². The molecule has 2 nitrogen and oxygen atoms in total. The number of nitrogens with one attached hydrogen (secondary N) is 1. The lowest BCUT2D eigenvalue weighted by Gasteiger charge is -2.08. The van der Waals surface area contributed by atoms with E-state index in [1.165, 1.54) is 0 Å². The number of ether oxygens (including phenoxy) is 1. The lowest BCUT2D eigenvalue weighted by atomic mass is 10.2. The van der Waals surface area contributed by atoms with Gasteiger partial charge in [-0.15, -0.1) is 0 Å². The van der Waals surface area contributed by atoms with Crippen molar-refractivity contribution in [2.45, 2.75) is 19.8 Å². The van der Waals surface area contributed by atoms with Crippen molar-refractivity contribution in [1.29, 1.82) is 0 Å². The van der Waals surface area contributed by atoms with Gasteiger partial charge in [0.05, 0.1) is 6.61 Å². The van der Waals surface area contributed by atoms with Crippen LogP contribution in [0.1, 0.15) is 18.4 Å². The van der Waals surface area contributed by atoms with E-state index in [9.17, 15) is 4.39 Å². The van der Waals surface area contributed by atoms with Crippen LogP contribution in [0, 0.1) is 12.7 Å². The van der Waals surface area contributed by atoms with Gasteiger partial charge in [0, 0.05) is 0 Å². The van der Waals surface area contributed by atoms with Gasteiger partial charge in [-0.1, -0.05) is 12.1 Å². The molecule has 0 unspecified atom stereocenters. The van der Waals surface area contributed by atoms with Gasteiger partial charge in [0.2, 0.25) is 0 Å². The molecule has 0 aliphatic rings. The molecule has 0 aromatic heterocycles. The molecule has 0 spiro atoms. The van der Waals surface area contributed by atoms with Gasteiger partial charge < -0.3 is 10.1 Å². The Morgan fingerprint density at radius 2 is 2.13 bits per heavy atom. The first-order valence-electron chi connectivity index (χ1n) is 5.28. The van der Waals surface area contributed by atoms with Crippen molar-refractivity contribution in [3.63, 3.8) is 0 Å². The van der Waals surface area contributed by atoms with Gasteiger partial charge in [-0.3, -0.25) is 0 Å². The lowest BCUT2D eigenvalue weighted by molar-refractivity contribution is 0.291. The average Bonchev–Trinajstić information content (AvgIpc) is 2.24. The monoisotopic (exact) mass is 211 g/mol. The predicted octanol–water partition coefficient (Wildman–Crippen LogP) is 2.51. The molecule has 0 bridgehead atoms. The molecular formula is C12H18FNO. The molecule has 0 amide bonds. The summed E-state index contributed by atoms with van der Waals surface area (Å²) in [6.45, 7) is 3.28. The van der Waals surface area contributed by atoms with Crippen molar-refractivity contribution >= 4 is 0 Å². The number of aryl methyl sites for hydroxylation is 1. The quantitative estimate of drug-likeness (QED) is 0.730. The van der Waals surface area contributed by atoms with Gasteiger partial charge in [0.1, 0.15) is 0 Å². The summed E-state index contributed by atoms with van der Waals surface area (Å²) in [5.74, 6) is 0.116. The summed E-state index contributed by atoms with van der Waals surface area (Å²) in [5, 5.41) is 3.06. The topological polar surface area (TPSA) is 21.3 Å². The normalized spacial score (nSPS) is 10.3. The Morgan fingerprint density at radius 3 is 2.87 bits per heavy atom. The molecule has 0 fully saturated rings. The van der Waals surface area contributed by atoms with Crippen LogP contribution in [-0.4, -0.2) is 20.2 Å². The molecule has 0 aliphatic heterocycles. The summed E-state index contributed by atoms with van der Waals surface area (Å²) in [6.07, 6.45) is 1.98. The Labute approximate surface area is 90.4 Å². The van der Waals surface area contributed by atoms with E-state index in [1.807, 2.05) is 7.05 Å². The van der Waals surface area contributed by atoms with E-state index in [1.54, 1.807) is 25.1 Å². The molecule has 0 saturated carbocycles. The van der Waals surface area contributed by atoms with Gasteiger partial charge >= 0.3 is 0 Å². The SMILES string of the molecule is CNCCCCOc1cccc(C)c1F. The van der Waals surface area contributed by atoms with Crippen molar-refractivity contribution < 1.29 is 9.13 Å². The van der Waals surface area contributed by atoms with Gasteiger partial charge in [-0.2, -0.15) is 0 Å². The number of benzene rings is 1. The Morgan fingerprint density at radius 1 is 1.33 bits per heavy atom. The molecule has 0 aliphatic carbocycles. The highest BCUT2D eigenvalue weighted by Crippen LogP contribution is 2.19. The maximum atomic E-state index is 13.4. The van der Waals surface area contributed by atoms with Crippen LogP contribution >= 0.6 is 0 Å². The van der Waals surface area contributed by atoms with E-state index < -0.39 is 0 Å². The van der Waals surface area contributed by atoms with E-state index in [2.05, 4.69) is 5.32 Å². The Kier molecular flexibility index (Phi) is 5.12. The van der Waals surface area contributed by atoms with Crippen molar-refractivity contribution in [3.05, 3.63) is 29.6 Å². The van der Waals surface area contributed by atoms with Crippen molar-refractivity contribution in [1.82, 2.24) is 5.32 Å². The highest BCUT2D eigenvalue weighted by Gasteiger charge is 2.04. The van der Waals surface area contributed by atoms with Gasteiger partial charge in [0.25, 0.3) is 0 Å². The second-order valence-electron chi connectivity index (χ2n) is 3.55. The fourth-order valence-electron chi connectivity index (χ4n) is 1.32. The van der Waals surface area contributed by atoms with Crippen molar-refractivity contribution in [3.8, 4) is 5.75 Å². The van der Waals surface area contributed by atoms with E-state index >= 15 is 0 Å². The number of hydrogen-bond acceptors (Lipinski definition) is 2. The van der Waals surface area contributed by atoms with E-state index in [-0.39, 0.29) is 5.82 Å². The number of unbranched alkanes of at least 4 members (excludes halogenated alkanes) is 1. The number of rotatable bonds is 6. The van der Waals surface area contributed by atoms with E-state index in [0.29, 0.717) is 17.9 Å². The minimum absolute atomic E-state index is 0.244. The average molecular weight is 211 g/mol. The highest BCUT2D eigenvalue weighted by atomic mass is 19.1. The molecule has 1 aromatic rings. The number of halogens is 1. The summed E-state index contributed by atoms with van der Waals surface area (Å²) >= 11 is 0. The lowest BCUT2D eigenvalue weighted by Crippen LogP contribution is -2.09. The standard InChI is InChI=1S/C12H18FNO/c1-10-6-5-7-11(12(10)13)15-9-4-3-8-14-2/h5-7,14H,3-4,8-9H2,1-2H3. The molecule has 0 saturated heterocycles. The zero-order valence-electron chi connectivity index (χ0n) is 9.35. The van der Waals surface area contributed by atoms with Crippen LogP contribution in [0.5, 0.6) is 5.75 Å². The Bertz CT molecular complexity index is 302. The number of hydrogen-bond donors (Lipinski definition) is 1. The Hall–Kier alpha value is -1.09.